The number of hydrogen-bond acceptors (Lipinski definition) is 5. The highest BCUT2D eigenvalue weighted by Crippen LogP contribution is 2.50. The smallest absolute Gasteiger partial charge is 0.433 e. The zero-order chi connectivity index (χ0) is 17.9. The van der Waals surface area contributed by atoms with Crippen LogP contribution in [-0.2, 0) is 4.74 Å². The summed E-state index contributed by atoms with van der Waals surface area (Å²) < 4.78 is 10.6. The fourth-order valence-electron chi connectivity index (χ4n) is 4.56. The van der Waals surface area contributed by atoms with E-state index in [4.69, 9.17) is 9.47 Å². The summed E-state index contributed by atoms with van der Waals surface area (Å²) in [5, 5.41) is 10.6. The Labute approximate surface area is 147 Å². The molecular formula is C19H25NO5. The number of nitro groups is 1. The van der Waals surface area contributed by atoms with Crippen LogP contribution in [0.25, 0.3) is 0 Å². The first kappa shape index (κ1) is 17.7. The van der Waals surface area contributed by atoms with Gasteiger partial charge in [-0.2, -0.15) is 0 Å². The Kier molecular flexibility index (Phi) is 5.25. The van der Waals surface area contributed by atoms with Gasteiger partial charge in [-0.25, -0.2) is 4.79 Å². The Morgan fingerprint density at radius 3 is 2.44 bits per heavy atom. The molecule has 0 aromatic heterocycles. The van der Waals surface area contributed by atoms with Crippen molar-refractivity contribution >= 4 is 11.8 Å². The predicted molar refractivity (Wildman–Crippen MR) is 92.5 cm³/mol. The van der Waals surface area contributed by atoms with Crippen LogP contribution in [0.5, 0.6) is 5.75 Å². The summed E-state index contributed by atoms with van der Waals surface area (Å²) in [5.74, 6) is 1.78. The fourth-order valence-corrected chi connectivity index (χ4v) is 4.56. The molecule has 0 spiro atoms. The number of nitro benzene ring substituents is 1. The Morgan fingerprint density at radius 1 is 1.24 bits per heavy atom. The fraction of sp³-hybridized carbons (Fsp3) is 0.632. The predicted octanol–water partition coefficient (Wildman–Crippen LogP) is 5.11. The second-order valence-corrected chi connectivity index (χ2v) is 7.55. The molecule has 0 amide bonds. The van der Waals surface area contributed by atoms with Gasteiger partial charge in [0.15, 0.2) is 0 Å². The van der Waals surface area contributed by atoms with E-state index in [9.17, 15) is 14.9 Å². The Morgan fingerprint density at radius 2 is 1.88 bits per heavy atom. The Hall–Kier alpha value is -2.11. The van der Waals surface area contributed by atoms with Gasteiger partial charge in [-0.05, 0) is 49.7 Å². The minimum Gasteiger partial charge on any atom is -0.433 e. The molecule has 2 saturated carbocycles. The van der Waals surface area contributed by atoms with Crippen molar-refractivity contribution in [2.24, 2.45) is 17.3 Å². The van der Waals surface area contributed by atoms with Crippen molar-refractivity contribution in [1.82, 2.24) is 0 Å². The van der Waals surface area contributed by atoms with Gasteiger partial charge in [-0.3, -0.25) is 10.1 Å². The number of rotatable bonds is 5. The molecule has 2 unspecified atom stereocenters. The highest BCUT2D eigenvalue weighted by atomic mass is 16.7. The monoisotopic (exact) mass is 347 g/mol. The van der Waals surface area contributed by atoms with Crippen LogP contribution in [0, 0.1) is 27.4 Å². The van der Waals surface area contributed by atoms with Gasteiger partial charge in [-0.1, -0.05) is 26.2 Å². The lowest BCUT2D eigenvalue weighted by Gasteiger charge is -2.46. The maximum atomic E-state index is 12.0. The van der Waals surface area contributed by atoms with Gasteiger partial charge in [0.25, 0.3) is 5.69 Å². The van der Waals surface area contributed by atoms with E-state index in [0.717, 1.165) is 31.1 Å². The highest BCUT2D eigenvalue weighted by Gasteiger charge is 2.42. The van der Waals surface area contributed by atoms with Crippen LogP contribution in [0.3, 0.4) is 0 Å². The van der Waals surface area contributed by atoms with E-state index in [1.165, 1.54) is 49.9 Å². The number of benzene rings is 1. The third-order valence-electron chi connectivity index (χ3n) is 5.83. The highest BCUT2D eigenvalue weighted by molar-refractivity contribution is 5.64. The van der Waals surface area contributed by atoms with Gasteiger partial charge < -0.3 is 9.47 Å². The molecule has 2 fully saturated rings. The van der Waals surface area contributed by atoms with Crippen molar-refractivity contribution < 1.29 is 19.2 Å². The molecule has 6 heteroatoms. The number of non-ortho nitro benzene ring substituents is 1. The number of fused-ring (bicyclic) bond motifs is 2. The van der Waals surface area contributed by atoms with Crippen LogP contribution in [0.2, 0.25) is 0 Å². The molecule has 2 bridgehead atoms. The number of ether oxygens (including phenoxy) is 2. The third kappa shape index (κ3) is 4.30. The summed E-state index contributed by atoms with van der Waals surface area (Å²) in [6.07, 6.45) is 7.78. The van der Waals surface area contributed by atoms with E-state index < -0.39 is 11.1 Å². The number of carbonyl (C=O) groups is 1. The molecule has 136 valence electrons. The zero-order valence-electron chi connectivity index (χ0n) is 14.6. The van der Waals surface area contributed by atoms with E-state index in [0.29, 0.717) is 6.61 Å². The molecule has 25 heavy (non-hydrogen) atoms. The van der Waals surface area contributed by atoms with Crippen LogP contribution in [-0.4, -0.2) is 17.7 Å². The molecule has 0 radical (unpaired) electrons. The summed E-state index contributed by atoms with van der Waals surface area (Å²) in [7, 11) is 0. The molecule has 2 atom stereocenters. The lowest BCUT2D eigenvalue weighted by Crippen LogP contribution is -2.39. The molecule has 2 aliphatic carbocycles. The van der Waals surface area contributed by atoms with E-state index >= 15 is 0 Å². The topological polar surface area (TPSA) is 78.7 Å². The van der Waals surface area contributed by atoms with Crippen LogP contribution < -0.4 is 4.74 Å². The number of carbonyl (C=O) groups excluding carboxylic acids is 1. The molecule has 0 saturated heterocycles. The van der Waals surface area contributed by atoms with Gasteiger partial charge in [0, 0.05) is 17.5 Å². The number of nitrogens with zero attached hydrogens (tertiary/aromatic N) is 1. The van der Waals surface area contributed by atoms with Crippen molar-refractivity contribution in [2.75, 3.05) is 6.61 Å². The van der Waals surface area contributed by atoms with E-state index in [1.807, 2.05) is 0 Å². The lowest BCUT2D eigenvalue weighted by molar-refractivity contribution is -0.384. The quantitative estimate of drug-likeness (QED) is 0.320. The van der Waals surface area contributed by atoms with Crippen LogP contribution >= 0.6 is 0 Å². The summed E-state index contributed by atoms with van der Waals surface area (Å²) in [5.41, 5.74) is 0.0297. The van der Waals surface area contributed by atoms with Gasteiger partial charge >= 0.3 is 6.16 Å². The molecule has 2 aliphatic rings. The molecule has 1 aromatic carbocycles. The first-order chi connectivity index (χ1) is 12.0. The second-order valence-electron chi connectivity index (χ2n) is 7.55. The maximum Gasteiger partial charge on any atom is 0.513 e. The van der Waals surface area contributed by atoms with Gasteiger partial charge in [0.05, 0.1) is 4.92 Å². The van der Waals surface area contributed by atoms with Crippen molar-refractivity contribution in [3.8, 4) is 5.75 Å². The van der Waals surface area contributed by atoms with E-state index in [-0.39, 0.29) is 16.9 Å². The SMILES string of the molecule is CCC1(COC(=O)Oc2ccc([N+](=O)[O-])cc2)CC2CCCC(C2)C1. The lowest BCUT2D eigenvalue weighted by atomic mass is 9.60. The normalized spacial score (nSPS) is 28.2. The number of hydrogen-bond donors (Lipinski definition) is 0. The minimum atomic E-state index is -0.739. The van der Waals surface area contributed by atoms with Crippen molar-refractivity contribution in [3.05, 3.63) is 34.4 Å². The van der Waals surface area contributed by atoms with Crippen LogP contribution in [0.4, 0.5) is 10.5 Å². The van der Waals surface area contributed by atoms with Gasteiger partial charge in [-0.15, -0.1) is 0 Å². The maximum absolute atomic E-state index is 12.0. The standard InChI is InChI=1S/C19H25NO5/c1-2-19(11-14-4-3-5-15(10-14)12-19)13-24-18(21)25-17-8-6-16(7-9-17)20(22)23/h6-9,14-15H,2-5,10-13H2,1H3. The first-order valence-corrected chi connectivity index (χ1v) is 9.09. The summed E-state index contributed by atoms with van der Waals surface area (Å²) in [6, 6.07) is 5.41. The van der Waals surface area contributed by atoms with Crippen LogP contribution in [0.1, 0.15) is 51.9 Å². The van der Waals surface area contributed by atoms with E-state index in [2.05, 4.69) is 6.92 Å². The zero-order valence-corrected chi connectivity index (χ0v) is 14.6. The van der Waals surface area contributed by atoms with Gasteiger partial charge in [0.2, 0.25) is 0 Å². The third-order valence-corrected chi connectivity index (χ3v) is 5.83. The molecule has 0 aliphatic heterocycles. The summed E-state index contributed by atoms with van der Waals surface area (Å²) >= 11 is 0. The summed E-state index contributed by atoms with van der Waals surface area (Å²) in [4.78, 5) is 22.1. The molecular weight excluding hydrogens is 322 g/mol. The van der Waals surface area contributed by atoms with Crippen molar-refractivity contribution in [3.63, 3.8) is 0 Å². The molecule has 6 nitrogen and oxygen atoms in total. The molecule has 3 rings (SSSR count). The minimum absolute atomic E-state index is 0.0422. The molecule has 0 N–H and O–H groups in total. The van der Waals surface area contributed by atoms with Crippen molar-refractivity contribution in [1.29, 1.82) is 0 Å². The van der Waals surface area contributed by atoms with Gasteiger partial charge in [0.1, 0.15) is 12.4 Å². The summed E-state index contributed by atoms with van der Waals surface area (Å²) in [6.45, 7) is 2.56. The first-order valence-electron chi connectivity index (χ1n) is 9.09. The Bertz CT molecular complexity index is 615. The van der Waals surface area contributed by atoms with Crippen LogP contribution in [0.15, 0.2) is 24.3 Å². The average Bonchev–Trinajstić information content (AvgIpc) is 2.60. The molecule has 0 heterocycles. The van der Waals surface area contributed by atoms with Crippen molar-refractivity contribution in [2.45, 2.75) is 51.9 Å². The second kappa shape index (κ2) is 7.42. The Balaban J connectivity index is 1.54. The average molecular weight is 347 g/mol. The largest absolute Gasteiger partial charge is 0.513 e. The molecule has 1 aromatic rings. The van der Waals surface area contributed by atoms with E-state index in [1.54, 1.807) is 0 Å².